The number of aryl methyl sites for hydroxylation is 1. The molecule has 2 rings (SSSR count). The molecule has 1 atom stereocenters. The largest absolute Gasteiger partial charge is 0.310 e. The highest BCUT2D eigenvalue weighted by Gasteiger charge is 2.27. The molecular formula is C17H26ClN. The monoisotopic (exact) mass is 279 g/mol. The van der Waals surface area contributed by atoms with Gasteiger partial charge in [-0.05, 0) is 61.4 Å². The van der Waals surface area contributed by atoms with Crippen LogP contribution in [0.2, 0.25) is 5.02 Å². The predicted molar refractivity (Wildman–Crippen MR) is 83.7 cm³/mol. The molecule has 1 aliphatic carbocycles. The predicted octanol–water partition coefficient (Wildman–Crippen LogP) is 5.13. The van der Waals surface area contributed by atoms with Gasteiger partial charge in [0.25, 0.3) is 0 Å². The van der Waals surface area contributed by atoms with Gasteiger partial charge in [0.15, 0.2) is 0 Å². The van der Waals surface area contributed by atoms with Crippen LogP contribution in [-0.2, 0) is 0 Å². The SMILES string of the molecule is CCNC(c1ccc(Cl)cc1C)C1CCC(C)CC1. The van der Waals surface area contributed by atoms with Gasteiger partial charge in [-0.3, -0.25) is 0 Å². The second-order valence-electron chi connectivity index (χ2n) is 6.06. The Hall–Kier alpha value is -0.530. The van der Waals surface area contributed by atoms with Crippen molar-refractivity contribution in [2.45, 2.75) is 52.5 Å². The maximum absolute atomic E-state index is 6.08. The van der Waals surface area contributed by atoms with Crippen LogP contribution in [0, 0.1) is 18.8 Å². The smallest absolute Gasteiger partial charge is 0.0408 e. The van der Waals surface area contributed by atoms with E-state index in [-0.39, 0.29) is 0 Å². The van der Waals surface area contributed by atoms with E-state index in [1.54, 1.807) is 0 Å². The molecule has 1 aliphatic rings. The Labute approximate surface area is 122 Å². The fourth-order valence-electron chi connectivity index (χ4n) is 3.36. The molecule has 1 aromatic rings. The van der Waals surface area contributed by atoms with Crippen molar-refractivity contribution in [3.05, 3.63) is 34.3 Å². The lowest BCUT2D eigenvalue weighted by Crippen LogP contribution is -2.31. The van der Waals surface area contributed by atoms with Crippen LogP contribution in [-0.4, -0.2) is 6.54 Å². The average Bonchev–Trinajstić information content (AvgIpc) is 2.38. The van der Waals surface area contributed by atoms with Crippen molar-refractivity contribution in [3.8, 4) is 0 Å². The quantitative estimate of drug-likeness (QED) is 0.806. The summed E-state index contributed by atoms with van der Waals surface area (Å²) in [4.78, 5) is 0. The third-order valence-corrected chi connectivity index (χ3v) is 4.76. The van der Waals surface area contributed by atoms with Gasteiger partial charge in [-0.15, -0.1) is 0 Å². The van der Waals surface area contributed by atoms with Gasteiger partial charge in [0, 0.05) is 11.1 Å². The number of rotatable bonds is 4. The molecular weight excluding hydrogens is 254 g/mol. The van der Waals surface area contributed by atoms with E-state index < -0.39 is 0 Å². The normalized spacial score (nSPS) is 25.3. The summed E-state index contributed by atoms with van der Waals surface area (Å²) in [5.41, 5.74) is 2.75. The zero-order valence-corrected chi connectivity index (χ0v) is 13.1. The summed E-state index contributed by atoms with van der Waals surface area (Å²) in [6, 6.07) is 6.82. The second kappa shape index (κ2) is 6.76. The van der Waals surface area contributed by atoms with Crippen molar-refractivity contribution < 1.29 is 0 Å². The van der Waals surface area contributed by atoms with Gasteiger partial charge < -0.3 is 5.32 Å². The van der Waals surface area contributed by atoms with Crippen LogP contribution in [0.1, 0.15) is 56.7 Å². The fraction of sp³-hybridized carbons (Fsp3) is 0.647. The maximum Gasteiger partial charge on any atom is 0.0408 e. The van der Waals surface area contributed by atoms with Gasteiger partial charge in [-0.2, -0.15) is 0 Å². The van der Waals surface area contributed by atoms with E-state index >= 15 is 0 Å². The van der Waals surface area contributed by atoms with Gasteiger partial charge in [-0.25, -0.2) is 0 Å². The first-order valence-electron chi connectivity index (χ1n) is 7.61. The first-order chi connectivity index (χ1) is 9.11. The van der Waals surface area contributed by atoms with Crippen LogP contribution >= 0.6 is 11.6 Å². The number of nitrogens with one attached hydrogen (secondary N) is 1. The average molecular weight is 280 g/mol. The van der Waals surface area contributed by atoms with Crippen molar-refractivity contribution in [2.75, 3.05) is 6.54 Å². The molecule has 0 amide bonds. The van der Waals surface area contributed by atoms with E-state index in [2.05, 4.69) is 38.2 Å². The van der Waals surface area contributed by atoms with Crippen LogP contribution in [0.3, 0.4) is 0 Å². The number of benzene rings is 1. The van der Waals surface area contributed by atoms with Crippen LogP contribution in [0.15, 0.2) is 18.2 Å². The molecule has 0 heterocycles. The van der Waals surface area contributed by atoms with Crippen LogP contribution in [0.5, 0.6) is 0 Å². The third-order valence-electron chi connectivity index (χ3n) is 4.52. The summed E-state index contributed by atoms with van der Waals surface area (Å²) in [6.07, 6.45) is 5.44. The molecule has 0 spiro atoms. The topological polar surface area (TPSA) is 12.0 Å². The Bertz CT molecular complexity index is 408. The molecule has 1 fully saturated rings. The highest BCUT2D eigenvalue weighted by Crippen LogP contribution is 2.38. The standard InChI is InChI=1S/C17H26ClN/c1-4-19-17(14-7-5-12(2)6-8-14)16-10-9-15(18)11-13(16)3/h9-12,14,17,19H,4-8H2,1-3H3. The van der Waals surface area contributed by atoms with Gasteiger partial charge in [-0.1, -0.05) is 44.4 Å². The molecule has 106 valence electrons. The zero-order valence-electron chi connectivity index (χ0n) is 12.4. The van der Waals surface area contributed by atoms with Crippen molar-refractivity contribution in [2.24, 2.45) is 11.8 Å². The molecule has 1 nitrogen and oxygen atoms in total. The minimum atomic E-state index is 0.495. The Morgan fingerprint density at radius 1 is 1.26 bits per heavy atom. The molecule has 2 heteroatoms. The first kappa shape index (κ1) is 14.9. The number of halogens is 1. The molecule has 1 saturated carbocycles. The number of hydrogen-bond acceptors (Lipinski definition) is 1. The maximum atomic E-state index is 6.08. The molecule has 19 heavy (non-hydrogen) atoms. The highest BCUT2D eigenvalue weighted by molar-refractivity contribution is 6.30. The van der Waals surface area contributed by atoms with E-state index in [9.17, 15) is 0 Å². The van der Waals surface area contributed by atoms with Crippen molar-refractivity contribution in [1.82, 2.24) is 5.32 Å². The van der Waals surface area contributed by atoms with E-state index in [0.29, 0.717) is 6.04 Å². The Morgan fingerprint density at radius 2 is 1.95 bits per heavy atom. The van der Waals surface area contributed by atoms with Crippen molar-refractivity contribution in [1.29, 1.82) is 0 Å². The summed E-state index contributed by atoms with van der Waals surface area (Å²) in [6.45, 7) is 7.78. The van der Waals surface area contributed by atoms with Gasteiger partial charge in [0.1, 0.15) is 0 Å². The second-order valence-corrected chi connectivity index (χ2v) is 6.49. The third kappa shape index (κ3) is 3.73. The number of hydrogen-bond donors (Lipinski definition) is 1. The lowest BCUT2D eigenvalue weighted by atomic mass is 9.76. The minimum absolute atomic E-state index is 0.495. The summed E-state index contributed by atoms with van der Waals surface area (Å²) in [7, 11) is 0. The highest BCUT2D eigenvalue weighted by atomic mass is 35.5. The minimum Gasteiger partial charge on any atom is -0.310 e. The molecule has 0 radical (unpaired) electrons. The Kier molecular flexibility index (Phi) is 5.29. The Morgan fingerprint density at radius 3 is 2.53 bits per heavy atom. The lowest BCUT2D eigenvalue weighted by molar-refractivity contribution is 0.233. The van der Waals surface area contributed by atoms with E-state index in [1.807, 2.05) is 6.07 Å². The van der Waals surface area contributed by atoms with E-state index in [1.165, 1.54) is 36.8 Å². The molecule has 1 N–H and O–H groups in total. The van der Waals surface area contributed by atoms with Gasteiger partial charge in [0.05, 0.1) is 0 Å². The van der Waals surface area contributed by atoms with E-state index in [4.69, 9.17) is 11.6 Å². The molecule has 0 bridgehead atoms. The lowest BCUT2D eigenvalue weighted by Gasteiger charge is -2.34. The Balaban J connectivity index is 2.19. The van der Waals surface area contributed by atoms with Crippen LogP contribution in [0.4, 0.5) is 0 Å². The van der Waals surface area contributed by atoms with Crippen LogP contribution < -0.4 is 5.32 Å². The molecule has 0 aliphatic heterocycles. The molecule has 0 aromatic heterocycles. The van der Waals surface area contributed by atoms with Gasteiger partial charge in [0.2, 0.25) is 0 Å². The summed E-state index contributed by atoms with van der Waals surface area (Å²) in [5.74, 6) is 1.68. The van der Waals surface area contributed by atoms with Crippen molar-refractivity contribution >= 4 is 11.6 Å². The summed E-state index contributed by atoms with van der Waals surface area (Å²) >= 11 is 6.08. The zero-order chi connectivity index (χ0) is 13.8. The fourth-order valence-corrected chi connectivity index (χ4v) is 3.58. The molecule has 1 aromatic carbocycles. The molecule has 0 saturated heterocycles. The van der Waals surface area contributed by atoms with Gasteiger partial charge >= 0.3 is 0 Å². The summed E-state index contributed by atoms with van der Waals surface area (Å²) in [5, 5.41) is 4.54. The van der Waals surface area contributed by atoms with Crippen molar-refractivity contribution in [3.63, 3.8) is 0 Å². The first-order valence-corrected chi connectivity index (χ1v) is 7.99. The van der Waals surface area contributed by atoms with E-state index in [0.717, 1.165) is 23.4 Å². The summed E-state index contributed by atoms with van der Waals surface area (Å²) < 4.78 is 0. The van der Waals surface area contributed by atoms with Crippen LogP contribution in [0.25, 0.3) is 0 Å². The molecule has 1 unspecified atom stereocenters.